The van der Waals surface area contributed by atoms with Gasteiger partial charge in [-0.25, -0.2) is 5.84 Å². The normalized spacial score (nSPS) is 10.7. The zero-order valence-corrected chi connectivity index (χ0v) is 11.2. The predicted molar refractivity (Wildman–Crippen MR) is 67.4 cm³/mol. The zero-order valence-electron chi connectivity index (χ0n) is 11.2. The average Bonchev–Trinajstić information content (AvgIpc) is 2.78. The van der Waals surface area contributed by atoms with Crippen molar-refractivity contribution in [2.24, 2.45) is 5.84 Å². The van der Waals surface area contributed by atoms with E-state index in [2.05, 4.69) is 5.43 Å². The molecular weight excluding hydrogens is 252 g/mol. The van der Waals surface area contributed by atoms with Crippen LogP contribution in [0.4, 0.5) is 0 Å². The van der Waals surface area contributed by atoms with Gasteiger partial charge < -0.3 is 18.6 Å². The van der Waals surface area contributed by atoms with E-state index in [0.717, 1.165) is 0 Å². The number of hydrazine groups is 1. The summed E-state index contributed by atoms with van der Waals surface area (Å²) < 4.78 is 20.8. The Morgan fingerprint density at radius 3 is 2.68 bits per heavy atom. The Hall–Kier alpha value is -1.41. The van der Waals surface area contributed by atoms with Gasteiger partial charge in [-0.1, -0.05) is 0 Å². The second-order valence-corrected chi connectivity index (χ2v) is 3.81. The molecule has 0 atom stereocenters. The van der Waals surface area contributed by atoms with Crippen molar-refractivity contribution in [2.45, 2.75) is 13.5 Å². The Bertz CT molecular complexity index is 391. The first-order chi connectivity index (χ1) is 9.19. The fourth-order valence-electron chi connectivity index (χ4n) is 1.45. The third-order valence-corrected chi connectivity index (χ3v) is 2.39. The highest BCUT2D eigenvalue weighted by Crippen LogP contribution is 2.15. The fraction of sp³-hybridized carbons (Fsp3) is 0.583. The van der Waals surface area contributed by atoms with Crippen molar-refractivity contribution in [2.75, 3.05) is 33.5 Å². The number of amides is 1. The summed E-state index contributed by atoms with van der Waals surface area (Å²) in [5.74, 6) is 5.77. The van der Waals surface area contributed by atoms with Crippen LogP contribution in [0.3, 0.4) is 0 Å². The molecule has 1 amide bonds. The number of hydrogen-bond donors (Lipinski definition) is 2. The number of rotatable bonds is 9. The molecule has 7 heteroatoms. The first-order valence-corrected chi connectivity index (χ1v) is 5.93. The summed E-state index contributed by atoms with van der Waals surface area (Å²) in [4.78, 5) is 11.4. The van der Waals surface area contributed by atoms with E-state index in [1.165, 1.54) is 0 Å². The van der Waals surface area contributed by atoms with Crippen molar-refractivity contribution in [1.29, 1.82) is 0 Å². The lowest BCUT2D eigenvalue weighted by molar-refractivity contribution is 0.0160. The minimum atomic E-state index is -0.379. The van der Waals surface area contributed by atoms with Crippen LogP contribution in [0, 0.1) is 6.92 Å². The van der Waals surface area contributed by atoms with E-state index >= 15 is 0 Å². The van der Waals surface area contributed by atoms with Crippen LogP contribution in [-0.4, -0.2) is 39.4 Å². The van der Waals surface area contributed by atoms with Crippen molar-refractivity contribution in [3.05, 3.63) is 23.2 Å². The predicted octanol–water partition coefficient (Wildman–Crippen LogP) is 0.371. The molecule has 1 aromatic rings. The largest absolute Gasteiger partial charge is 0.463 e. The molecule has 108 valence electrons. The summed E-state index contributed by atoms with van der Waals surface area (Å²) in [6.07, 6.45) is 0. The number of methoxy groups -OCH3 is 1. The maximum Gasteiger partial charge on any atom is 0.268 e. The molecule has 0 radical (unpaired) electrons. The van der Waals surface area contributed by atoms with Crippen LogP contribution in [0.25, 0.3) is 0 Å². The average molecular weight is 272 g/mol. The highest BCUT2D eigenvalue weighted by molar-refractivity contribution is 5.94. The number of nitrogen functional groups attached to an aromatic ring is 1. The summed E-state index contributed by atoms with van der Waals surface area (Å²) in [6.45, 7) is 4.02. The van der Waals surface area contributed by atoms with Crippen LogP contribution < -0.4 is 11.3 Å². The van der Waals surface area contributed by atoms with Crippen molar-refractivity contribution < 1.29 is 23.4 Å². The molecule has 0 saturated carbocycles. The minimum absolute atomic E-state index is 0.284. The summed E-state index contributed by atoms with van der Waals surface area (Å²) in [5, 5.41) is 0. The molecule has 0 aliphatic carbocycles. The lowest BCUT2D eigenvalue weighted by Gasteiger charge is -2.03. The highest BCUT2D eigenvalue weighted by atomic mass is 16.5. The number of carbonyl (C=O) groups is 1. The van der Waals surface area contributed by atoms with Crippen LogP contribution in [0.2, 0.25) is 0 Å². The highest BCUT2D eigenvalue weighted by Gasteiger charge is 2.13. The Balaban J connectivity index is 2.25. The molecule has 1 heterocycles. The van der Waals surface area contributed by atoms with Crippen LogP contribution in [-0.2, 0) is 20.8 Å². The van der Waals surface area contributed by atoms with Crippen LogP contribution in [0.15, 0.2) is 10.5 Å². The van der Waals surface area contributed by atoms with Gasteiger partial charge in [0, 0.05) is 7.11 Å². The van der Waals surface area contributed by atoms with Gasteiger partial charge in [-0.3, -0.25) is 10.2 Å². The first-order valence-electron chi connectivity index (χ1n) is 5.93. The topological polar surface area (TPSA) is 96.0 Å². The smallest absolute Gasteiger partial charge is 0.268 e. The van der Waals surface area contributed by atoms with Crippen LogP contribution in [0.5, 0.6) is 0 Å². The molecule has 0 fully saturated rings. The standard InChI is InChI=1S/C12H20N2O5/c1-9-11(12(15)14-13)7-10(19-9)8-18-6-5-17-4-3-16-2/h7H,3-6,8,13H2,1-2H3,(H,14,15). The third-order valence-electron chi connectivity index (χ3n) is 2.39. The van der Waals surface area contributed by atoms with E-state index < -0.39 is 0 Å². The monoisotopic (exact) mass is 272 g/mol. The Labute approximate surface area is 112 Å². The molecular formula is C12H20N2O5. The molecule has 0 saturated heterocycles. The number of furan rings is 1. The number of carbonyl (C=O) groups excluding carboxylic acids is 1. The number of nitrogens with two attached hydrogens (primary N) is 1. The second-order valence-electron chi connectivity index (χ2n) is 3.81. The number of aryl methyl sites for hydroxylation is 1. The van der Waals surface area contributed by atoms with E-state index in [9.17, 15) is 4.79 Å². The molecule has 1 rings (SSSR count). The SMILES string of the molecule is COCCOCCOCc1cc(C(=O)NN)c(C)o1. The van der Waals surface area contributed by atoms with Gasteiger partial charge in [-0.05, 0) is 13.0 Å². The van der Waals surface area contributed by atoms with Crippen molar-refractivity contribution in [3.8, 4) is 0 Å². The Kier molecular flexibility index (Phi) is 7.12. The third kappa shape index (κ3) is 5.39. The second kappa shape index (κ2) is 8.65. The lowest BCUT2D eigenvalue weighted by Crippen LogP contribution is -2.30. The van der Waals surface area contributed by atoms with Crippen molar-refractivity contribution in [3.63, 3.8) is 0 Å². The van der Waals surface area contributed by atoms with Gasteiger partial charge in [0.1, 0.15) is 18.1 Å². The van der Waals surface area contributed by atoms with Crippen molar-refractivity contribution in [1.82, 2.24) is 5.43 Å². The van der Waals surface area contributed by atoms with Gasteiger partial charge in [0.15, 0.2) is 0 Å². The molecule has 0 unspecified atom stereocenters. The summed E-state index contributed by atoms with van der Waals surface area (Å²) in [7, 11) is 1.62. The molecule has 19 heavy (non-hydrogen) atoms. The first kappa shape index (κ1) is 15.6. The number of hydrogen-bond acceptors (Lipinski definition) is 6. The quantitative estimate of drug-likeness (QED) is 0.292. The fourth-order valence-corrected chi connectivity index (χ4v) is 1.45. The van der Waals surface area contributed by atoms with Gasteiger partial charge in [0.25, 0.3) is 5.91 Å². The molecule has 0 aliphatic heterocycles. The van der Waals surface area contributed by atoms with E-state index in [0.29, 0.717) is 43.5 Å². The van der Waals surface area contributed by atoms with Gasteiger partial charge >= 0.3 is 0 Å². The molecule has 7 nitrogen and oxygen atoms in total. The summed E-state index contributed by atoms with van der Waals surface area (Å²) >= 11 is 0. The van der Waals surface area contributed by atoms with Crippen molar-refractivity contribution >= 4 is 5.91 Å². The van der Waals surface area contributed by atoms with E-state index in [-0.39, 0.29) is 12.5 Å². The molecule has 1 aromatic heterocycles. The maximum absolute atomic E-state index is 11.4. The Morgan fingerprint density at radius 1 is 1.32 bits per heavy atom. The molecule has 0 aliphatic rings. The molecule has 3 N–H and O–H groups in total. The van der Waals surface area contributed by atoms with E-state index in [4.69, 9.17) is 24.5 Å². The van der Waals surface area contributed by atoms with Gasteiger partial charge in [-0.15, -0.1) is 0 Å². The number of nitrogens with one attached hydrogen (secondary N) is 1. The van der Waals surface area contributed by atoms with Gasteiger partial charge in [0.2, 0.25) is 0 Å². The minimum Gasteiger partial charge on any atom is -0.463 e. The molecule has 0 bridgehead atoms. The van der Waals surface area contributed by atoms with E-state index in [1.807, 2.05) is 0 Å². The number of ether oxygens (including phenoxy) is 3. The molecule has 0 spiro atoms. The van der Waals surface area contributed by atoms with Gasteiger partial charge in [-0.2, -0.15) is 0 Å². The van der Waals surface area contributed by atoms with Gasteiger partial charge in [0.05, 0.1) is 32.0 Å². The zero-order chi connectivity index (χ0) is 14.1. The summed E-state index contributed by atoms with van der Waals surface area (Å²) in [6, 6.07) is 1.61. The molecule has 0 aromatic carbocycles. The maximum atomic E-state index is 11.4. The van der Waals surface area contributed by atoms with Crippen LogP contribution in [0.1, 0.15) is 21.9 Å². The van der Waals surface area contributed by atoms with E-state index in [1.54, 1.807) is 20.1 Å². The summed E-state index contributed by atoms with van der Waals surface area (Å²) in [5.41, 5.74) is 2.47. The van der Waals surface area contributed by atoms with Crippen LogP contribution >= 0.6 is 0 Å². The Morgan fingerprint density at radius 2 is 2.00 bits per heavy atom. The lowest BCUT2D eigenvalue weighted by atomic mass is 10.2.